The smallest absolute Gasteiger partial charge is 0.327 e. The van der Waals surface area contributed by atoms with E-state index >= 15 is 0 Å². The number of carbonyl (C=O) groups excluding carboxylic acids is 1. The van der Waals surface area contributed by atoms with Crippen LogP contribution >= 0.6 is 11.6 Å². The lowest BCUT2D eigenvalue weighted by atomic mass is 10.0. The van der Waals surface area contributed by atoms with Crippen molar-refractivity contribution in [3.05, 3.63) is 53.3 Å². The summed E-state index contributed by atoms with van der Waals surface area (Å²) in [6.45, 7) is 2.87. The fraction of sp³-hybridized carbons (Fsp3) is 0.353. The minimum absolute atomic E-state index is 0.299. The molecular formula is C17H19ClN4O2. The van der Waals surface area contributed by atoms with Crippen LogP contribution in [-0.2, 0) is 9.53 Å². The van der Waals surface area contributed by atoms with Crippen LogP contribution in [0.15, 0.2) is 42.7 Å². The standard InChI is InChI=1S/C17H19ClN4O2/c1-24-16(23)15(13-5-2-3-6-14(13)18)21-9-11-22(12-10-21)17-19-7-4-8-20-17/h2-8,15H,9-12H2,1H3. The molecule has 1 aromatic carbocycles. The topological polar surface area (TPSA) is 58.6 Å². The summed E-state index contributed by atoms with van der Waals surface area (Å²) in [5.41, 5.74) is 0.774. The highest BCUT2D eigenvalue weighted by molar-refractivity contribution is 6.31. The van der Waals surface area contributed by atoms with E-state index in [0.717, 1.165) is 18.7 Å². The van der Waals surface area contributed by atoms with Crippen molar-refractivity contribution in [2.75, 3.05) is 38.2 Å². The molecule has 0 amide bonds. The fourth-order valence-corrected chi connectivity index (χ4v) is 3.15. The molecule has 1 saturated heterocycles. The lowest BCUT2D eigenvalue weighted by Gasteiger charge is -2.38. The molecule has 2 heterocycles. The Kier molecular flexibility index (Phi) is 5.27. The maximum atomic E-state index is 12.4. The minimum atomic E-state index is -0.498. The number of methoxy groups -OCH3 is 1. The van der Waals surface area contributed by atoms with Crippen molar-refractivity contribution in [2.24, 2.45) is 0 Å². The van der Waals surface area contributed by atoms with Crippen molar-refractivity contribution < 1.29 is 9.53 Å². The van der Waals surface area contributed by atoms with Crippen molar-refractivity contribution in [2.45, 2.75) is 6.04 Å². The lowest BCUT2D eigenvalue weighted by Crippen LogP contribution is -2.50. The summed E-state index contributed by atoms with van der Waals surface area (Å²) in [6.07, 6.45) is 3.46. The summed E-state index contributed by atoms with van der Waals surface area (Å²) in [5.74, 6) is 0.414. The van der Waals surface area contributed by atoms with Crippen molar-refractivity contribution in [3.8, 4) is 0 Å². The summed E-state index contributed by atoms with van der Waals surface area (Å²) < 4.78 is 5.01. The Balaban J connectivity index is 1.76. The molecule has 1 atom stereocenters. The highest BCUT2D eigenvalue weighted by Crippen LogP contribution is 2.29. The molecular weight excluding hydrogens is 328 g/mol. The van der Waals surface area contributed by atoms with E-state index in [4.69, 9.17) is 16.3 Å². The number of hydrogen-bond donors (Lipinski definition) is 0. The average molecular weight is 347 g/mol. The molecule has 7 heteroatoms. The molecule has 126 valence electrons. The number of rotatable bonds is 4. The van der Waals surface area contributed by atoms with Crippen LogP contribution in [0.5, 0.6) is 0 Å². The van der Waals surface area contributed by atoms with Crippen LogP contribution in [0.1, 0.15) is 11.6 Å². The van der Waals surface area contributed by atoms with E-state index in [-0.39, 0.29) is 5.97 Å². The molecule has 1 aliphatic rings. The van der Waals surface area contributed by atoms with Crippen LogP contribution in [0.2, 0.25) is 5.02 Å². The van der Waals surface area contributed by atoms with E-state index in [1.807, 2.05) is 18.2 Å². The third-order valence-corrected chi connectivity index (χ3v) is 4.48. The molecule has 3 rings (SSSR count). The van der Waals surface area contributed by atoms with E-state index in [9.17, 15) is 4.79 Å². The Bertz CT molecular complexity index is 690. The quantitative estimate of drug-likeness (QED) is 0.791. The fourth-order valence-electron chi connectivity index (χ4n) is 2.92. The van der Waals surface area contributed by atoms with E-state index in [2.05, 4.69) is 19.8 Å². The average Bonchev–Trinajstić information content (AvgIpc) is 2.64. The molecule has 1 fully saturated rings. The number of aromatic nitrogens is 2. The van der Waals surface area contributed by atoms with Gasteiger partial charge >= 0.3 is 5.97 Å². The molecule has 1 aromatic heterocycles. The third kappa shape index (κ3) is 3.49. The molecule has 0 aliphatic carbocycles. The number of piperazine rings is 1. The maximum absolute atomic E-state index is 12.4. The Morgan fingerprint density at radius 1 is 1.12 bits per heavy atom. The second kappa shape index (κ2) is 7.59. The van der Waals surface area contributed by atoms with Crippen molar-refractivity contribution in [3.63, 3.8) is 0 Å². The van der Waals surface area contributed by atoms with Crippen LogP contribution in [0, 0.1) is 0 Å². The Morgan fingerprint density at radius 3 is 2.42 bits per heavy atom. The van der Waals surface area contributed by atoms with E-state index in [0.29, 0.717) is 24.1 Å². The van der Waals surface area contributed by atoms with Crippen LogP contribution < -0.4 is 4.90 Å². The second-order valence-corrected chi connectivity index (χ2v) is 5.93. The van der Waals surface area contributed by atoms with Gasteiger partial charge in [0.15, 0.2) is 0 Å². The van der Waals surface area contributed by atoms with Gasteiger partial charge in [0.2, 0.25) is 5.95 Å². The zero-order valence-corrected chi connectivity index (χ0v) is 14.2. The molecule has 1 aliphatic heterocycles. The van der Waals surface area contributed by atoms with Crippen molar-refractivity contribution >= 4 is 23.5 Å². The predicted octanol–water partition coefficient (Wildman–Crippen LogP) is 2.17. The zero-order valence-electron chi connectivity index (χ0n) is 13.4. The molecule has 0 N–H and O–H groups in total. The molecule has 6 nitrogen and oxygen atoms in total. The Labute approximate surface area is 146 Å². The molecule has 2 aromatic rings. The summed E-state index contributed by atoms with van der Waals surface area (Å²) >= 11 is 6.30. The van der Waals surface area contributed by atoms with Gasteiger partial charge in [0.1, 0.15) is 6.04 Å². The number of anilines is 1. The number of nitrogens with zero attached hydrogens (tertiary/aromatic N) is 4. The third-order valence-electron chi connectivity index (χ3n) is 4.14. The number of carbonyl (C=O) groups is 1. The van der Waals surface area contributed by atoms with Crippen molar-refractivity contribution in [1.29, 1.82) is 0 Å². The van der Waals surface area contributed by atoms with E-state index < -0.39 is 6.04 Å². The number of halogens is 1. The van der Waals surface area contributed by atoms with Gasteiger partial charge in [-0.1, -0.05) is 29.8 Å². The number of esters is 1. The first kappa shape index (κ1) is 16.7. The number of ether oxygens (including phenoxy) is 1. The van der Waals surface area contributed by atoms with Crippen LogP contribution in [-0.4, -0.2) is 54.1 Å². The van der Waals surface area contributed by atoms with Crippen molar-refractivity contribution in [1.82, 2.24) is 14.9 Å². The summed E-state index contributed by atoms with van der Waals surface area (Å²) in [6, 6.07) is 8.69. The Hall–Kier alpha value is -2.18. The SMILES string of the molecule is COC(=O)C(c1ccccc1Cl)N1CCN(c2ncccn2)CC1. The monoisotopic (exact) mass is 346 g/mol. The van der Waals surface area contributed by atoms with E-state index in [1.54, 1.807) is 24.5 Å². The Morgan fingerprint density at radius 2 is 1.79 bits per heavy atom. The van der Waals surface area contributed by atoms with Gasteiger partial charge < -0.3 is 9.64 Å². The predicted molar refractivity (Wildman–Crippen MR) is 92.0 cm³/mol. The molecule has 0 saturated carbocycles. The highest BCUT2D eigenvalue weighted by Gasteiger charge is 2.32. The first-order chi connectivity index (χ1) is 11.7. The van der Waals surface area contributed by atoms with Gasteiger partial charge in [-0.15, -0.1) is 0 Å². The van der Waals surface area contributed by atoms with Gasteiger partial charge in [0.25, 0.3) is 0 Å². The van der Waals surface area contributed by atoms with Gasteiger partial charge in [-0.3, -0.25) is 4.90 Å². The largest absolute Gasteiger partial charge is 0.468 e. The molecule has 1 unspecified atom stereocenters. The minimum Gasteiger partial charge on any atom is -0.468 e. The molecule has 24 heavy (non-hydrogen) atoms. The second-order valence-electron chi connectivity index (χ2n) is 5.52. The van der Waals surface area contributed by atoms with Gasteiger partial charge in [-0.05, 0) is 17.7 Å². The van der Waals surface area contributed by atoms with Crippen LogP contribution in [0.3, 0.4) is 0 Å². The van der Waals surface area contributed by atoms with Crippen LogP contribution in [0.25, 0.3) is 0 Å². The van der Waals surface area contributed by atoms with Gasteiger partial charge in [0, 0.05) is 43.6 Å². The van der Waals surface area contributed by atoms with E-state index in [1.165, 1.54) is 7.11 Å². The van der Waals surface area contributed by atoms with Crippen LogP contribution in [0.4, 0.5) is 5.95 Å². The zero-order chi connectivity index (χ0) is 16.9. The number of hydrogen-bond acceptors (Lipinski definition) is 6. The molecule has 0 bridgehead atoms. The maximum Gasteiger partial charge on any atom is 0.327 e. The van der Waals surface area contributed by atoms with Gasteiger partial charge in [-0.2, -0.15) is 0 Å². The van der Waals surface area contributed by atoms with Gasteiger partial charge in [0.05, 0.1) is 7.11 Å². The molecule has 0 spiro atoms. The number of benzene rings is 1. The highest BCUT2D eigenvalue weighted by atomic mass is 35.5. The summed E-state index contributed by atoms with van der Waals surface area (Å²) in [7, 11) is 1.40. The summed E-state index contributed by atoms with van der Waals surface area (Å²) in [5, 5.41) is 0.571. The summed E-state index contributed by atoms with van der Waals surface area (Å²) in [4.78, 5) is 25.1. The first-order valence-electron chi connectivity index (χ1n) is 7.79. The first-order valence-corrected chi connectivity index (χ1v) is 8.17. The molecule has 0 radical (unpaired) electrons. The van der Waals surface area contributed by atoms with Gasteiger partial charge in [-0.25, -0.2) is 14.8 Å². The normalized spacial score (nSPS) is 16.7. The lowest BCUT2D eigenvalue weighted by molar-refractivity contribution is -0.147.